The molecule has 3 N–H and O–H groups in total. The van der Waals surface area contributed by atoms with Crippen molar-refractivity contribution in [1.82, 2.24) is 14.8 Å². The summed E-state index contributed by atoms with van der Waals surface area (Å²) in [6.45, 7) is 0. The number of nitrogens with two attached hydrogens (primary N) is 1. The van der Waals surface area contributed by atoms with Gasteiger partial charge in [0.1, 0.15) is 18.3 Å². The largest absolute Gasteiger partial charge is 0.323 e. The Morgan fingerprint density at radius 1 is 1.57 bits per heavy atom. The number of amides is 1. The first-order chi connectivity index (χ1) is 10.1. The number of nitrogens with zero attached hydrogens (tertiary/aromatic N) is 3. The van der Waals surface area contributed by atoms with Crippen LogP contribution in [0.15, 0.2) is 30.9 Å². The molecule has 1 aromatic heterocycles. The molecule has 8 heteroatoms. The molecule has 2 rings (SSSR count). The molecule has 1 heterocycles. The first kappa shape index (κ1) is 15.8. The summed E-state index contributed by atoms with van der Waals surface area (Å²) in [6.07, 6.45) is 5.51. The number of benzene rings is 1. The number of halogens is 1. The second kappa shape index (κ2) is 7.44. The van der Waals surface area contributed by atoms with E-state index in [0.29, 0.717) is 22.8 Å². The Hall–Kier alpha value is -1.57. The van der Waals surface area contributed by atoms with E-state index in [9.17, 15) is 4.79 Å². The van der Waals surface area contributed by atoms with Crippen molar-refractivity contribution >= 4 is 35.0 Å². The van der Waals surface area contributed by atoms with Gasteiger partial charge in [0.2, 0.25) is 5.91 Å². The summed E-state index contributed by atoms with van der Waals surface area (Å²) >= 11 is 7.85. The van der Waals surface area contributed by atoms with Gasteiger partial charge in [-0.3, -0.25) is 4.79 Å². The van der Waals surface area contributed by atoms with Crippen LogP contribution in [-0.4, -0.2) is 38.7 Å². The third-order valence-electron chi connectivity index (χ3n) is 2.86. The number of thioether (sulfide) groups is 1. The topological polar surface area (TPSA) is 85.8 Å². The lowest BCUT2D eigenvalue weighted by Gasteiger charge is -2.15. The summed E-state index contributed by atoms with van der Waals surface area (Å²) in [5.74, 6) is 0.591. The molecule has 0 fully saturated rings. The maximum absolute atomic E-state index is 12.1. The molecule has 1 amide bonds. The molecule has 0 spiro atoms. The van der Waals surface area contributed by atoms with E-state index in [1.165, 1.54) is 17.3 Å². The van der Waals surface area contributed by atoms with Crippen LogP contribution in [0.5, 0.6) is 0 Å². The summed E-state index contributed by atoms with van der Waals surface area (Å²) < 4.78 is 1.51. The summed E-state index contributed by atoms with van der Waals surface area (Å²) in [4.78, 5) is 16.0. The Morgan fingerprint density at radius 3 is 3.05 bits per heavy atom. The standard InChI is InChI=1S/C13H16ClN5OS/c1-21-6-5-10(15)13(20)18-11-4-2-3-9(14)12(11)19-8-16-7-17-19/h2-4,7-8,10H,5-6,15H2,1H3,(H,18,20)/t10-/m0/s1. The predicted molar refractivity (Wildman–Crippen MR) is 86.0 cm³/mol. The van der Waals surface area contributed by atoms with E-state index in [4.69, 9.17) is 17.3 Å². The van der Waals surface area contributed by atoms with Crippen molar-refractivity contribution in [2.75, 3.05) is 17.3 Å². The lowest BCUT2D eigenvalue weighted by atomic mass is 10.2. The van der Waals surface area contributed by atoms with Crippen molar-refractivity contribution in [1.29, 1.82) is 0 Å². The monoisotopic (exact) mass is 325 g/mol. The number of aromatic nitrogens is 3. The zero-order chi connectivity index (χ0) is 15.2. The molecule has 0 saturated heterocycles. The summed E-state index contributed by atoms with van der Waals surface area (Å²) in [5.41, 5.74) is 6.99. The molecule has 2 aromatic rings. The van der Waals surface area contributed by atoms with E-state index >= 15 is 0 Å². The number of rotatable bonds is 6. The first-order valence-electron chi connectivity index (χ1n) is 6.32. The quantitative estimate of drug-likeness (QED) is 0.847. The van der Waals surface area contributed by atoms with Gasteiger partial charge in [0.05, 0.1) is 16.8 Å². The molecule has 0 saturated carbocycles. The molecule has 1 aromatic carbocycles. The molecule has 0 aliphatic carbocycles. The van der Waals surface area contributed by atoms with Crippen molar-refractivity contribution < 1.29 is 4.79 Å². The van der Waals surface area contributed by atoms with E-state index in [0.717, 1.165) is 5.75 Å². The van der Waals surface area contributed by atoms with Crippen LogP contribution in [0.2, 0.25) is 5.02 Å². The minimum Gasteiger partial charge on any atom is -0.323 e. The highest BCUT2D eigenvalue weighted by atomic mass is 35.5. The van der Waals surface area contributed by atoms with Gasteiger partial charge >= 0.3 is 0 Å². The van der Waals surface area contributed by atoms with Crippen molar-refractivity contribution in [2.24, 2.45) is 5.73 Å². The van der Waals surface area contributed by atoms with Gasteiger partial charge in [-0.2, -0.15) is 16.9 Å². The second-order valence-electron chi connectivity index (χ2n) is 4.35. The third-order valence-corrected chi connectivity index (χ3v) is 3.81. The van der Waals surface area contributed by atoms with Gasteiger partial charge in [-0.1, -0.05) is 17.7 Å². The minimum atomic E-state index is -0.556. The maximum Gasteiger partial charge on any atom is 0.241 e. The van der Waals surface area contributed by atoms with E-state index in [1.807, 2.05) is 6.26 Å². The average Bonchev–Trinajstić information content (AvgIpc) is 2.98. The molecular formula is C13H16ClN5OS. The fraction of sp³-hybridized carbons (Fsp3) is 0.308. The molecular weight excluding hydrogens is 310 g/mol. The number of nitrogens with one attached hydrogen (secondary N) is 1. The molecule has 0 unspecified atom stereocenters. The Bertz CT molecular complexity index is 605. The van der Waals surface area contributed by atoms with Crippen molar-refractivity contribution in [3.05, 3.63) is 35.9 Å². The number of carbonyl (C=O) groups is 1. The molecule has 1 atom stereocenters. The number of para-hydroxylation sites is 1. The van der Waals surface area contributed by atoms with Gasteiger partial charge < -0.3 is 11.1 Å². The fourth-order valence-electron chi connectivity index (χ4n) is 1.77. The highest BCUT2D eigenvalue weighted by Crippen LogP contribution is 2.27. The highest BCUT2D eigenvalue weighted by Gasteiger charge is 2.17. The van der Waals surface area contributed by atoms with Crippen LogP contribution in [0.3, 0.4) is 0 Å². The maximum atomic E-state index is 12.1. The number of carbonyl (C=O) groups excluding carboxylic acids is 1. The molecule has 0 aliphatic rings. The smallest absolute Gasteiger partial charge is 0.241 e. The highest BCUT2D eigenvalue weighted by molar-refractivity contribution is 7.98. The summed E-state index contributed by atoms with van der Waals surface area (Å²) in [6, 6.07) is 4.68. The average molecular weight is 326 g/mol. The van der Waals surface area contributed by atoms with Crippen LogP contribution >= 0.6 is 23.4 Å². The number of anilines is 1. The summed E-state index contributed by atoms with van der Waals surface area (Å²) in [5, 5.41) is 7.32. The van der Waals surface area contributed by atoms with Crippen LogP contribution in [0.4, 0.5) is 5.69 Å². The second-order valence-corrected chi connectivity index (χ2v) is 5.75. The normalized spacial score (nSPS) is 12.1. The lowest BCUT2D eigenvalue weighted by molar-refractivity contribution is -0.117. The Morgan fingerprint density at radius 2 is 2.38 bits per heavy atom. The minimum absolute atomic E-state index is 0.243. The van der Waals surface area contributed by atoms with Gasteiger partial charge in [-0.15, -0.1) is 0 Å². The molecule has 0 bridgehead atoms. The lowest BCUT2D eigenvalue weighted by Crippen LogP contribution is -2.36. The zero-order valence-electron chi connectivity index (χ0n) is 11.5. The molecule has 0 aliphatic heterocycles. The van der Waals surface area contributed by atoms with Crippen LogP contribution in [0.25, 0.3) is 5.69 Å². The summed E-state index contributed by atoms with van der Waals surface area (Å²) in [7, 11) is 0. The Labute approximate surface area is 132 Å². The molecule has 21 heavy (non-hydrogen) atoms. The Balaban J connectivity index is 2.21. The van der Waals surface area contributed by atoms with Crippen molar-refractivity contribution in [3.8, 4) is 5.69 Å². The third kappa shape index (κ3) is 3.96. The first-order valence-corrected chi connectivity index (χ1v) is 8.09. The van der Waals surface area contributed by atoms with E-state index in [1.54, 1.807) is 30.0 Å². The fourth-order valence-corrected chi connectivity index (χ4v) is 2.52. The molecule has 112 valence electrons. The number of hydrogen-bond donors (Lipinski definition) is 2. The van der Waals surface area contributed by atoms with E-state index in [-0.39, 0.29) is 5.91 Å². The SMILES string of the molecule is CSCC[C@H](N)C(=O)Nc1cccc(Cl)c1-n1cncn1. The van der Waals surface area contributed by atoms with Crippen molar-refractivity contribution in [3.63, 3.8) is 0 Å². The van der Waals surface area contributed by atoms with Crippen LogP contribution in [0.1, 0.15) is 6.42 Å². The van der Waals surface area contributed by atoms with Gasteiger partial charge in [-0.25, -0.2) is 9.67 Å². The Kier molecular flexibility index (Phi) is 5.60. The van der Waals surface area contributed by atoms with Gasteiger partial charge in [-0.05, 0) is 30.6 Å². The molecule has 6 nitrogen and oxygen atoms in total. The predicted octanol–water partition coefficient (Wildman–Crippen LogP) is 1.94. The number of hydrogen-bond acceptors (Lipinski definition) is 5. The van der Waals surface area contributed by atoms with E-state index < -0.39 is 6.04 Å². The van der Waals surface area contributed by atoms with Crippen LogP contribution in [-0.2, 0) is 4.79 Å². The van der Waals surface area contributed by atoms with Gasteiger partial charge in [0, 0.05) is 0 Å². The van der Waals surface area contributed by atoms with Crippen LogP contribution < -0.4 is 11.1 Å². The zero-order valence-corrected chi connectivity index (χ0v) is 13.1. The molecule has 0 radical (unpaired) electrons. The van der Waals surface area contributed by atoms with Crippen LogP contribution in [0, 0.1) is 0 Å². The van der Waals surface area contributed by atoms with E-state index in [2.05, 4.69) is 15.4 Å². The van der Waals surface area contributed by atoms with Gasteiger partial charge in [0.25, 0.3) is 0 Å². The van der Waals surface area contributed by atoms with Crippen molar-refractivity contribution in [2.45, 2.75) is 12.5 Å². The van der Waals surface area contributed by atoms with Gasteiger partial charge in [0.15, 0.2) is 0 Å².